The van der Waals surface area contributed by atoms with Gasteiger partial charge in [0.1, 0.15) is 0 Å². The van der Waals surface area contributed by atoms with Crippen LogP contribution >= 0.6 is 0 Å². The first-order valence-corrected chi connectivity index (χ1v) is 3.73. The van der Waals surface area contributed by atoms with E-state index in [1.807, 2.05) is 19.1 Å². The molecule has 0 aliphatic rings. The smallest absolute Gasteiger partial charge is 0.326 e. The van der Waals surface area contributed by atoms with Gasteiger partial charge in [0, 0.05) is 0 Å². The number of oxime groups is 1. The van der Waals surface area contributed by atoms with Crippen molar-refractivity contribution in [1.29, 1.82) is 0 Å². The Hall–Kier alpha value is -1.45. The first-order chi connectivity index (χ1) is 6.20. The molecule has 1 rings (SSSR count). The van der Waals surface area contributed by atoms with Gasteiger partial charge in [0.25, 0.3) is 0 Å². The van der Waals surface area contributed by atoms with Crippen LogP contribution < -0.4 is 0 Å². The standard InChI is InChI=1S/C9H9F2NO/c1-7-4-2-3-5-8(7)6-12-13-9(10)11/h2-6,9H,1H3/b12-6+. The van der Waals surface area contributed by atoms with E-state index in [9.17, 15) is 8.78 Å². The highest BCUT2D eigenvalue weighted by Gasteiger charge is 1.98. The molecule has 70 valence electrons. The molecular formula is C9H9F2NO. The molecule has 13 heavy (non-hydrogen) atoms. The number of hydrogen-bond acceptors (Lipinski definition) is 2. The summed E-state index contributed by atoms with van der Waals surface area (Å²) < 4.78 is 23.0. The Balaban J connectivity index is 2.63. The van der Waals surface area contributed by atoms with Crippen molar-refractivity contribution in [2.45, 2.75) is 13.5 Å². The molecule has 0 unspecified atom stereocenters. The minimum atomic E-state index is -2.86. The highest BCUT2D eigenvalue weighted by Crippen LogP contribution is 2.04. The number of nitrogens with zero attached hydrogens (tertiary/aromatic N) is 1. The Morgan fingerprint density at radius 1 is 1.38 bits per heavy atom. The van der Waals surface area contributed by atoms with Gasteiger partial charge in [0.15, 0.2) is 0 Å². The lowest BCUT2D eigenvalue weighted by molar-refractivity contribution is -0.127. The van der Waals surface area contributed by atoms with Crippen LogP contribution in [-0.2, 0) is 4.84 Å². The first kappa shape index (κ1) is 9.64. The summed E-state index contributed by atoms with van der Waals surface area (Å²) >= 11 is 0. The van der Waals surface area contributed by atoms with Gasteiger partial charge in [-0.3, -0.25) is 0 Å². The highest BCUT2D eigenvalue weighted by molar-refractivity contribution is 5.80. The van der Waals surface area contributed by atoms with Gasteiger partial charge in [-0.15, -0.1) is 0 Å². The van der Waals surface area contributed by atoms with Crippen LogP contribution in [0, 0.1) is 6.92 Å². The first-order valence-electron chi connectivity index (χ1n) is 3.73. The van der Waals surface area contributed by atoms with E-state index < -0.39 is 6.61 Å². The monoisotopic (exact) mass is 185 g/mol. The van der Waals surface area contributed by atoms with Crippen molar-refractivity contribution in [2.75, 3.05) is 0 Å². The fraction of sp³-hybridized carbons (Fsp3) is 0.222. The van der Waals surface area contributed by atoms with Crippen LogP contribution in [0.3, 0.4) is 0 Å². The predicted molar refractivity (Wildman–Crippen MR) is 45.9 cm³/mol. The summed E-state index contributed by atoms with van der Waals surface area (Å²) in [6.45, 7) is -0.996. The zero-order chi connectivity index (χ0) is 9.68. The van der Waals surface area contributed by atoms with E-state index >= 15 is 0 Å². The van der Waals surface area contributed by atoms with Crippen molar-refractivity contribution in [3.8, 4) is 0 Å². The van der Waals surface area contributed by atoms with Crippen molar-refractivity contribution < 1.29 is 13.6 Å². The maximum Gasteiger partial charge on any atom is 0.407 e. The Labute approximate surface area is 74.8 Å². The van der Waals surface area contributed by atoms with Crippen molar-refractivity contribution in [2.24, 2.45) is 5.16 Å². The van der Waals surface area contributed by atoms with E-state index in [-0.39, 0.29) is 0 Å². The second kappa shape index (κ2) is 4.54. The molecule has 0 fully saturated rings. The van der Waals surface area contributed by atoms with E-state index in [0.717, 1.165) is 11.1 Å². The third-order valence-corrected chi connectivity index (χ3v) is 1.52. The Morgan fingerprint density at radius 3 is 2.69 bits per heavy atom. The number of rotatable bonds is 3. The molecule has 2 nitrogen and oxygen atoms in total. The van der Waals surface area contributed by atoms with Crippen LogP contribution in [-0.4, -0.2) is 12.8 Å². The lowest BCUT2D eigenvalue weighted by Crippen LogP contribution is -1.93. The van der Waals surface area contributed by atoms with Crippen LogP contribution in [0.25, 0.3) is 0 Å². The van der Waals surface area contributed by atoms with Crippen LogP contribution in [0.5, 0.6) is 0 Å². The molecule has 4 heteroatoms. The molecule has 0 saturated carbocycles. The highest BCUT2D eigenvalue weighted by atomic mass is 19.3. The summed E-state index contributed by atoms with van der Waals surface area (Å²) in [5, 5.41) is 3.13. The molecule has 0 aliphatic carbocycles. The summed E-state index contributed by atoms with van der Waals surface area (Å²) in [4.78, 5) is 3.74. The van der Waals surface area contributed by atoms with E-state index in [0.29, 0.717) is 0 Å². The minimum absolute atomic E-state index is 0.767. The number of halogens is 2. The van der Waals surface area contributed by atoms with E-state index in [4.69, 9.17) is 0 Å². The van der Waals surface area contributed by atoms with Gasteiger partial charge < -0.3 is 4.84 Å². The third kappa shape index (κ3) is 3.19. The van der Waals surface area contributed by atoms with Crippen molar-refractivity contribution in [3.05, 3.63) is 35.4 Å². The third-order valence-electron chi connectivity index (χ3n) is 1.52. The summed E-state index contributed by atoms with van der Waals surface area (Å²) in [6.07, 6.45) is 1.27. The van der Waals surface area contributed by atoms with Gasteiger partial charge in [-0.05, 0) is 18.1 Å². The van der Waals surface area contributed by atoms with Gasteiger partial charge >= 0.3 is 6.61 Å². The molecule has 0 atom stereocenters. The number of alkyl halides is 2. The molecule has 1 aromatic carbocycles. The summed E-state index contributed by atoms with van der Waals surface area (Å²) in [6, 6.07) is 7.30. The van der Waals surface area contributed by atoms with Gasteiger partial charge in [0.2, 0.25) is 0 Å². The zero-order valence-electron chi connectivity index (χ0n) is 7.08. The van der Waals surface area contributed by atoms with E-state index in [2.05, 4.69) is 9.99 Å². The van der Waals surface area contributed by atoms with Gasteiger partial charge in [-0.1, -0.05) is 29.4 Å². The van der Waals surface area contributed by atoms with E-state index in [1.54, 1.807) is 12.1 Å². The van der Waals surface area contributed by atoms with Crippen molar-refractivity contribution in [1.82, 2.24) is 0 Å². The average molecular weight is 185 g/mol. The lowest BCUT2D eigenvalue weighted by Gasteiger charge is -1.97. The summed E-state index contributed by atoms with van der Waals surface area (Å²) in [5.41, 5.74) is 1.73. The normalized spacial score (nSPS) is 11.1. The molecule has 0 bridgehead atoms. The second-order valence-electron chi connectivity index (χ2n) is 2.46. The van der Waals surface area contributed by atoms with Gasteiger partial charge in [-0.2, -0.15) is 8.78 Å². The Morgan fingerprint density at radius 2 is 2.08 bits per heavy atom. The molecule has 0 heterocycles. The topological polar surface area (TPSA) is 21.6 Å². The maximum atomic E-state index is 11.5. The van der Waals surface area contributed by atoms with Crippen LogP contribution in [0.4, 0.5) is 8.78 Å². The molecule has 1 aromatic rings. The largest absolute Gasteiger partial charge is 0.407 e. The molecule has 0 amide bonds. The molecule has 0 N–H and O–H groups in total. The summed E-state index contributed by atoms with van der Waals surface area (Å²) in [5.74, 6) is 0. The Kier molecular flexibility index (Phi) is 3.37. The molecule has 0 radical (unpaired) electrons. The Bertz CT molecular complexity index is 299. The van der Waals surface area contributed by atoms with Gasteiger partial charge in [0.05, 0.1) is 6.21 Å². The molecule has 0 aromatic heterocycles. The number of aryl methyl sites for hydroxylation is 1. The maximum absolute atomic E-state index is 11.5. The zero-order valence-corrected chi connectivity index (χ0v) is 7.08. The van der Waals surface area contributed by atoms with Crippen LogP contribution in [0.15, 0.2) is 29.4 Å². The van der Waals surface area contributed by atoms with Crippen molar-refractivity contribution >= 4 is 6.21 Å². The fourth-order valence-electron chi connectivity index (χ4n) is 0.865. The number of benzene rings is 1. The predicted octanol–water partition coefficient (Wildman–Crippen LogP) is 2.57. The average Bonchev–Trinajstić information content (AvgIpc) is 2.08. The van der Waals surface area contributed by atoms with Crippen molar-refractivity contribution in [3.63, 3.8) is 0 Å². The molecule has 0 spiro atoms. The molecular weight excluding hydrogens is 176 g/mol. The van der Waals surface area contributed by atoms with E-state index in [1.165, 1.54) is 6.21 Å². The van der Waals surface area contributed by atoms with Gasteiger partial charge in [-0.25, -0.2) is 0 Å². The fourth-order valence-corrected chi connectivity index (χ4v) is 0.865. The van der Waals surface area contributed by atoms with Crippen LogP contribution in [0.2, 0.25) is 0 Å². The minimum Gasteiger partial charge on any atom is -0.326 e. The molecule has 0 aliphatic heterocycles. The summed E-state index contributed by atoms with van der Waals surface area (Å²) in [7, 11) is 0. The lowest BCUT2D eigenvalue weighted by atomic mass is 10.1. The quantitative estimate of drug-likeness (QED) is 0.523. The second-order valence-corrected chi connectivity index (χ2v) is 2.46. The van der Waals surface area contributed by atoms with Crippen LogP contribution in [0.1, 0.15) is 11.1 Å². The number of hydrogen-bond donors (Lipinski definition) is 0. The molecule has 0 saturated heterocycles. The SMILES string of the molecule is Cc1ccccc1/C=N/OC(F)F.